The minimum Gasteiger partial charge on any atom is -0.480 e. The van der Waals surface area contributed by atoms with Crippen molar-refractivity contribution in [3.63, 3.8) is 0 Å². The van der Waals surface area contributed by atoms with E-state index in [9.17, 15) is 4.79 Å². The van der Waals surface area contributed by atoms with Crippen molar-refractivity contribution in [2.75, 3.05) is 11.9 Å². The molecule has 3 N–H and O–H groups in total. The van der Waals surface area contributed by atoms with E-state index in [1.54, 1.807) is 10.7 Å². The van der Waals surface area contributed by atoms with Crippen molar-refractivity contribution < 1.29 is 9.90 Å². The Morgan fingerprint density at radius 3 is 2.92 bits per heavy atom. The molecule has 2 aromatic rings. The summed E-state index contributed by atoms with van der Waals surface area (Å²) in [5.41, 5.74) is 2.68. The molecule has 7 nitrogen and oxygen atoms in total. The SMILES string of the molecule is C/C=C(\CC)c1cc(N[C@H]2CC[C@H](NCC(=O)O)C2)n2ncc(Cl)c2n1. The Hall–Kier alpha value is -2.12. The van der Waals surface area contributed by atoms with E-state index in [-0.39, 0.29) is 18.6 Å². The number of rotatable bonds is 7. The van der Waals surface area contributed by atoms with Gasteiger partial charge in [0.1, 0.15) is 10.8 Å². The number of allylic oxidation sites excluding steroid dienone is 2. The summed E-state index contributed by atoms with van der Waals surface area (Å²) in [6, 6.07) is 2.47. The lowest BCUT2D eigenvalue weighted by molar-refractivity contribution is -0.136. The first kappa shape index (κ1) is 18.7. The quantitative estimate of drug-likeness (QED) is 0.686. The largest absolute Gasteiger partial charge is 0.480 e. The molecule has 0 spiro atoms. The van der Waals surface area contributed by atoms with Crippen LogP contribution in [0, 0.1) is 0 Å². The number of aromatic nitrogens is 3. The highest BCUT2D eigenvalue weighted by atomic mass is 35.5. The third kappa shape index (κ3) is 3.99. The van der Waals surface area contributed by atoms with Gasteiger partial charge in [-0.2, -0.15) is 9.61 Å². The number of anilines is 1. The van der Waals surface area contributed by atoms with Crippen LogP contribution in [0.4, 0.5) is 5.82 Å². The predicted octanol–water partition coefficient (Wildman–Crippen LogP) is 3.20. The zero-order chi connectivity index (χ0) is 18.7. The number of nitrogens with zero attached hydrogens (tertiary/aromatic N) is 3. The minimum atomic E-state index is -0.827. The molecule has 1 aliphatic rings. The summed E-state index contributed by atoms with van der Waals surface area (Å²) in [5.74, 6) is 0.0279. The average molecular weight is 378 g/mol. The second-order valence-electron chi connectivity index (χ2n) is 6.55. The van der Waals surface area contributed by atoms with Crippen LogP contribution < -0.4 is 10.6 Å². The highest BCUT2D eigenvalue weighted by Crippen LogP contribution is 2.28. The predicted molar refractivity (Wildman–Crippen MR) is 103 cm³/mol. The van der Waals surface area contributed by atoms with E-state index in [0.29, 0.717) is 10.7 Å². The summed E-state index contributed by atoms with van der Waals surface area (Å²) in [6.07, 6.45) is 7.33. The molecular weight excluding hydrogens is 354 g/mol. The molecular formula is C18H24ClN5O2. The summed E-state index contributed by atoms with van der Waals surface area (Å²) in [7, 11) is 0. The van der Waals surface area contributed by atoms with Crippen molar-refractivity contribution in [1.82, 2.24) is 19.9 Å². The molecule has 1 saturated carbocycles. The number of hydrogen-bond acceptors (Lipinski definition) is 5. The Labute approximate surface area is 157 Å². The summed E-state index contributed by atoms with van der Waals surface area (Å²) in [6.45, 7) is 4.10. The van der Waals surface area contributed by atoms with Gasteiger partial charge in [0.25, 0.3) is 0 Å². The first-order valence-electron chi connectivity index (χ1n) is 8.93. The molecule has 0 saturated heterocycles. The second kappa shape index (κ2) is 8.05. The topological polar surface area (TPSA) is 91.5 Å². The lowest BCUT2D eigenvalue weighted by Crippen LogP contribution is -2.32. The van der Waals surface area contributed by atoms with Gasteiger partial charge in [0.05, 0.1) is 18.4 Å². The number of carbonyl (C=O) groups is 1. The molecule has 0 amide bonds. The Balaban J connectivity index is 1.82. The molecule has 2 aromatic heterocycles. The number of hydrogen-bond donors (Lipinski definition) is 3. The average Bonchev–Trinajstić information content (AvgIpc) is 3.21. The molecule has 140 valence electrons. The Kier molecular flexibility index (Phi) is 5.78. The second-order valence-corrected chi connectivity index (χ2v) is 6.96. The van der Waals surface area contributed by atoms with E-state index in [0.717, 1.165) is 42.8 Å². The van der Waals surface area contributed by atoms with Crippen molar-refractivity contribution in [2.45, 2.75) is 51.6 Å². The van der Waals surface area contributed by atoms with Gasteiger partial charge in [-0.15, -0.1) is 0 Å². The molecule has 0 aliphatic heterocycles. The van der Waals surface area contributed by atoms with Crippen molar-refractivity contribution in [1.29, 1.82) is 0 Å². The fourth-order valence-electron chi connectivity index (χ4n) is 3.48. The molecule has 0 bridgehead atoms. The van der Waals surface area contributed by atoms with Gasteiger partial charge in [0.2, 0.25) is 0 Å². The van der Waals surface area contributed by atoms with E-state index < -0.39 is 5.97 Å². The summed E-state index contributed by atoms with van der Waals surface area (Å²) >= 11 is 6.26. The van der Waals surface area contributed by atoms with Crippen LogP contribution in [-0.4, -0.2) is 44.3 Å². The summed E-state index contributed by atoms with van der Waals surface area (Å²) in [5, 5.41) is 20.3. The monoisotopic (exact) mass is 377 g/mol. The third-order valence-corrected chi connectivity index (χ3v) is 5.08. The molecule has 1 fully saturated rings. The summed E-state index contributed by atoms with van der Waals surface area (Å²) in [4.78, 5) is 15.4. The Morgan fingerprint density at radius 1 is 1.46 bits per heavy atom. The molecule has 2 heterocycles. The van der Waals surface area contributed by atoms with Gasteiger partial charge < -0.3 is 15.7 Å². The maximum absolute atomic E-state index is 10.7. The van der Waals surface area contributed by atoms with Crippen molar-refractivity contribution in [2.24, 2.45) is 0 Å². The standard InChI is InChI=1S/C18H24ClN5O2/c1-3-11(4-2)15-8-16(24-18(23-15)14(19)9-21-24)22-13-6-5-12(7-13)20-10-17(25)26/h3,8-9,12-13,20,22H,4-7,10H2,1-2H3,(H,25,26)/b11-3+/t12-,13-/m0/s1. The van der Waals surface area contributed by atoms with Crippen molar-refractivity contribution in [3.8, 4) is 0 Å². The van der Waals surface area contributed by atoms with Gasteiger partial charge in [-0.1, -0.05) is 24.6 Å². The van der Waals surface area contributed by atoms with Crippen LogP contribution in [0.1, 0.15) is 45.2 Å². The molecule has 2 atom stereocenters. The highest BCUT2D eigenvalue weighted by molar-refractivity contribution is 6.33. The number of nitrogens with one attached hydrogen (secondary N) is 2. The fraction of sp³-hybridized carbons (Fsp3) is 0.500. The smallest absolute Gasteiger partial charge is 0.317 e. The van der Waals surface area contributed by atoms with Crippen molar-refractivity contribution in [3.05, 3.63) is 29.1 Å². The minimum absolute atomic E-state index is 0.00302. The number of fused-ring (bicyclic) bond motifs is 1. The van der Waals surface area contributed by atoms with Crippen LogP contribution in [0.25, 0.3) is 11.2 Å². The van der Waals surface area contributed by atoms with E-state index >= 15 is 0 Å². The Morgan fingerprint density at radius 2 is 2.23 bits per heavy atom. The number of carboxylic acids is 1. The molecule has 3 rings (SSSR count). The van der Waals surface area contributed by atoms with Gasteiger partial charge in [0, 0.05) is 18.2 Å². The van der Waals surface area contributed by atoms with Crippen LogP contribution in [-0.2, 0) is 4.79 Å². The molecule has 1 aliphatic carbocycles. The van der Waals surface area contributed by atoms with E-state index in [1.807, 2.05) is 13.0 Å². The highest BCUT2D eigenvalue weighted by Gasteiger charge is 2.25. The van der Waals surface area contributed by atoms with Gasteiger partial charge in [-0.3, -0.25) is 4.79 Å². The van der Waals surface area contributed by atoms with Crippen LogP contribution in [0.2, 0.25) is 5.02 Å². The zero-order valence-corrected chi connectivity index (χ0v) is 15.8. The van der Waals surface area contributed by atoms with Gasteiger partial charge in [-0.05, 0) is 38.2 Å². The Bertz CT molecular complexity index is 832. The van der Waals surface area contributed by atoms with Crippen LogP contribution in [0.15, 0.2) is 18.3 Å². The third-order valence-electron chi connectivity index (χ3n) is 4.81. The van der Waals surface area contributed by atoms with Gasteiger partial charge in [-0.25, -0.2) is 4.98 Å². The number of aliphatic carboxylic acids is 1. The summed E-state index contributed by atoms with van der Waals surface area (Å²) < 4.78 is 1.73. The molecule has 0 unspecified atom stereocenters. The maximum Gasteiger partial charge on any atom is 0.317 e. The molecule has 0 aromatic carbocycles. The number of halogens is 1. The lowest BCUT2D eigenvalue weighted by Gasteiger charge is -2.17. The van der Waals surface area contributed by atoms with E-state index in [1.165, 1.54) is 0 Å². The van der Waals surface area contributed by atoms with Gasteiger partial charge >= 0.3 is 5.97 Å². The fourth-order valence-corrected chi connectivity index (χ4v) is 3.64. The normalized spacial score (nSPS) is 20.7. The van der Waals surface area contributed by atoms with Crippen molar-refractivity contribution >= 4 is 34.6 Å². The van der Waals surface area contributed by atoms with E-state index in [2.05, 4.69) is 33.7 Å². The lowest BCUT2D eigenvalue weighted by atomic mass is 10.1. The van der Waals surface area contributed by atoms with Gasteiger partial charge in [0.15, 0.2) is 5.65 Å². The molecule has 0 radical (unpaired) electrons. The first-order chi connectivity index (χ1) is 12.5. The van der Waals surface area contributed by atoms with Crippen LogP contribution in [0.5, 0.6) is 0 Å². The van der Waals surface area contributed by atoms with Crippen LogP contribution >= 0.6 is 11.6 Å². The zero-order valence-electron chi connectivity index (χ0n) is 15.0. The molecule has 26 heavy (non-hydrogen) atoms. The van der Waals surface area contributed by atoms with E-state index in [4.69, 9.17) is 16.7 Å². The first-order valence-corrected chi connectivity index (χ1v) is 9.31. The molecule has 8 heteroatoms. The van der Waals surface area contributed by atoms with Crippen LogP contribution in [0.3, 0.4) is 0 Å². The number of carboxylic acid groups (broad SMARTS) is 1. The maximum atomic E-state index is 10.7.